The normalized spacial score (nSPS) is 11.6. The van der Waals surface area contributed by atoms with Crippen molar-refractivity contribution in [2.24, 2.45) is 10.9 Å². The topological polar surface area (TPSA) is 38.4 Å². The van der Waals surface area contributed by atoms with Gasteiger partial charge in [-0.2, -0.15) is 5.10 Å². The number of benzene rings is 1. The minimum absolute atomic E-state index is 0.828. The highest BCUT2D eigenvalue weighted by Gasteiger charge is 1.97. The first-order chi connectivity index (χ1) is 7.27. The van der Waals surface area contributed by atoms with Gasteiger partial charge in [-0.05, 0) is 17.2 Å². The summed E-state index contributed by atoms with van der Waals surface area (Å²) < 4.78 is 0. The lowest BCUT2D eigenvalue weighted by Gasteiger charge is -2.01. The van der Waals surface area contributed by atoms with Crippen molar-refractivity contribution in [3.8, 4) is 0 Å². The fraction of sp³-hybridized carbons (Fsp3) is 0. The van der Waals surface area contributed by atoms with Crippen molar-refractivity contribution < 1.29 is 0 Å². The first kappa shape index (κ1) is 11.0. The van der Waals surface area contributed by atoms with E-state index >= 15 is 0 Å². The molecule has 0 heterocycles. The van der Waals surface area contributed by atoms with Crippen LogP contribution in [0.25, 0.3) is 5.57 Å². The Hall–Kier alpha value is -2.09. The number of nitrogens with two attached hydrogens (primary N) is 1. The predicted molar refractivity (Wildman–Crippen MR) is 66.4 cm³/mol. The zero-order chi connectivity index (χ0) is 11.1. The Morgan fingerprint density at radius 3 is 2.47 bits per heavy atom. The second kappa shape index (κ2) is 5.60. The summed E-state index contributed by atoms with van der Waals surface area (Å²) in [5, 5.41) is 3.53. The Morgan fingerprint density at radius 1 is 1.27 bits per heavy atom. The van der Waals surface area contributed by atoms with E-state index in [0.29, 0.717) is 0 Å². The fourth-order valence-electron chi connectivity index (χ4n) is 1.16. The summed E-state index contributed by atoms with van der Waals surface area (Å²) in [6.45, 7) is 7.47. The van der Waals surface area contributed by atoms with Gasteiger partial charge in [0.25, 0.3) is 0 Å². The molecule has 0 unspecified atom stereocenters. The molecule has 15 heavy (non-hydrogen) atoms. The molecule has 2 N–H and O–H groups in total. The molecule has 2 nitrogen and oxygen atoms in total. The molecule has 0 spiro atoms. The van der Waals surface area contributed by atoms with Crippen molar-refractivity contribution >= 4 is 11.8 Å². The van der Waals surface area contributed by atoms with Crippen LogP contribution < -0.4 is 5.84 Å². The lowest BCUT2D eigenvalue weighted by Crippen LogP contribution is -1.90. The van der Waals surface area contributed by atoms with E-state index in [1.807, 2.05) is 36.4 Å². The average molecular weight is 198 g/mol. The van der Waals surface area contributed by atoms with E-state index < -0.39 is 0 Å². The molecule has 0 fully saturated rings. The van der Waals surface area contributed by atoms with Gasteiger partial charge in [-0.3, -0.25) is 0 Å². The van der Waals surface area contributed by atoms with Gasteiger partial charge in [0.2, 0.25) is 0 Å². The first-order valence-electron chi connectivity index (χ1n) is 4.59. The van der Waals surface area contributed by atoms with Gasteiger partial charge in [0.15, 0.2) is 0 Å². The molecule has 0 saturated carbocycles. The molecule has 0 aromatic heterocycles. The van der Waals surface area contributed by atoms with Crippen molar-refractivity contribution in [2.45, 2.75) is 0 Å². The molecule has 0 aliphatic carbocycles. The fourth-order valence-corrected chi connectivity index (χ4v) is 1.16. The molecule has 2 heteroatoms. The van der Waals surface area contributed by atoms with E-state index in [1.165, 1.54) is 0 Å². The Balaban J connectivity index is 3.09. The van der Waals surface area contributed by atoms with E-state index in [0.717, 1.165) is 16.7 Å². The minimum atomic E-state index is 0.828. The van der Waals surface area contributed by atoms with Gasteiger partial charge in [-0.15, -0.1) is 0 Å². The van der Waals surface area contributed by atoms with Gasteiger partial charge in [-0.1, -0.05) is 49.6 Å². The monoisotopic (exact) mass is 198 g/mol. The van der Waals surface area contributed by atoms with Crippen molar-refractivity contribution in [3.05, 3.63) is 66.8 Å². The number of rotatable bonds is 4. The van der Waals surface area contributed by atoms with Crippen LogP contribution in [0, 0.1) is 0 Å². The number of allylic oxidation sites excluding steroid dienone is 4. The maximum absolute atomic E-state index is 5.16. The zero-order valence-corrected chi connectivity index (χ0v) is 8.56. The van der Waals surface area contributed by atoms with Crippen LogP contribution in [0.4, 0.5) is 0 Å². The zero-order valence-electron chi connectivity index (χ0n) is 8.56. The highest BCUT2D eigenvalue weighted by atomic mass is 15.1. The van der Waals surface area contributed by atoms with Crippen molar-refractivity contribution in [3.63, 3.8) is 0 Å². The second-order valence-corrected chi connectivity index (χ2v) is 3.02. The summed E-state index contributed by atoms with van der Waals surface area (Å²) in [7, 11) is 0. The van der Waals surface area contributed by atoms with Crippen LogP contribution in [0.2, 0.25) is 0 Å². The SMILES string of the molecule is C=CC(=C)/C=C(\C=N/N)c1ccccc1. The average Bonchev–Trinajstić information content (AvgIpc) is 2.29. The smallest absolute Gasteiger partial charge is 0.0544 e. The van der Waals surface area contributed by atoms with E-state index in [2.05, 4.69) is 18.3 Å². The molecule has 1 rings (SSSR count). The Labute approximate surface area is 90.1 Å². The van der Waals surface area contributed by atoms with Crippen LogP contribution >= 0.6 is 0 Å². The number of nitrogens with zero attached hydrogens (tertiary/aromatic N) is 1. The highest BCUT2D eigenvalue weighted by Crippen LogP contribution is 2.14. The number of hydrazone groups is 1. The first-order valence-corrected chi connectivity index (χ1v) is 4.59. The minimum Gasteiger partial charge on any atom is -0.323 e. The van der Waals surface area contributed by atoms with E-state index in [-0.39, 0.29) is 0 Å². The highest BCUT2D eigenvalue weighted by molar-refractivity contribution is 6.10. The van der Waals surface area contributed by atoms with Gasteiger partial charge >= 0.3 is 0 Å². The number of hydrogen-bond acceptors (Lipinski definition) is 2. The molecule has 76 valence electrons. The van der Waals surface area contributed by atoms with Crippen molar-refractivity contribution in [1.82, 2.24) is 0 Å². The largest absolute Gasteiger partial charge is 0.323 e. The van der Waals surface area contributed by atoms with Gasteiger partial charge in [0, 0.05) is 5.57 Å². The Bertz CT molecular complexity index is 400. The molecule has 1 aromatic carbocycles. The second-order valence-electron chi connectivity index (χ2n) is 3.02. The Kier molecular flexibility index (Phi) is 4.10. The number of hydrogen-bond donors (Lipinski definition) is 1. The molecule has 0 atom stereocenters. The maximum Gasteiger partial charge on any atom is 0.0544 e. The van der Waals surface area contributed by atoms with E-state index in [9.17, 15) is 0 Å². The molecule has 0 bridgehead atoms. The predicted octanol–water partition coefficient (Wildman–Crippen LogP) is 2.76. The molecular formula is C13H14N2. The molecule has 0 aliphatic rings. The maximum atomic E-state index is 5.16. The van der Waals surface area contributed by atoms with Crippen molar-refractivity contribution in [1.29, 1.82) is 0 Å². The lowest BCUT2D eigenvalue weighted by atomic mass is 10.0. The lowest BCUT2D eigenvalue weighted by molar-refractivity contribution is 1.27. The van der Waals surface area contributed by atoms with Crippen LogP contribution in [0.3, 0.4) is 0 Å². The van der Waals surface area contributed by atoms with Crippen LogP contribution in [0.5, 0.6) is 0 Å². The quantitative estimate of drug-likeness (QED) is 0.343. The molecule has 0 amide bonds. The van der Waals surface area contributed by atoms with Crippen LogP contribution in [-0.4, -0.2) is 6.21 Å². The summed E-state index contributed by atoms with van der Waals surface area (Å²) in [4.78, 5) is 0. The summed E-state index contributed by atoms with van der Waals surface area (Å²) in [6.07, 6.45) is 5.18. The standard InChI is InChI=1S/C13H14N2/c1-3-11(2)9-13(10-15-14)12-7-5-4-6-8-12/h3-10H,1-2,14H2/b13-9+,15-10-. The summed E-state index contributed by atoms with van der Waals surface area (Å²) >= 11 is 0. The molecule has 1 aromatic rings. The van der Waals surface area contributed by atoms with Gasteiger partial charge in [0.1, 0.15) is 0 Å². The van der Waals surface area contributed by atoms with Gasteiger partial charge in [-0.25, -0.2) is 0 Å². The summed E-state index contributed by atoms with van der Waals surface area (Å²) in [5.74, 6) is 5.16. The summed E-state index contributed by atoms with van der Waals surface area (Å²) in [5.41, 5.74) is 2.80. The third kappa shape index (κ3) is 3.27. The van der Waals surface area contributed by atoms with Crippen LogP contribution in [0.15, 0.2) is 66.3 Å². The molecule has 0 saturated heterocycles. The van der Waals surface area contributed by atoms with Crippen LogP contribution in [0.1, 0.15) is 5.56 Å². The Morgan fingerprint density at radius 2 is 1.93 bits per heavy atom. The van der Waals surface area contributed by atoms with E-state index in [4.69, 9.17) is 5.84 Å². The van der Waals surface area contributed by atoms with Gasteiger partial charge < -0.3 is 5.84 Å². The summed E-state index contributed by atoms with van der Waals surface area (Å²) in [6, 6.07) is 9.87. The van der Waals surface area contributed by atoms with Crippen molar-refractivity contribution in [2.75, 3.05) is 0 Å². The molecular weight excluding hydrogens is 184 g/mol. The third-order valence-electron chi connectivity index (χ3n) is 1.92. The van der Waals surface area contributed by atoms with E-state index in [1.54, 1.807) is 12.3 Å². The van der Waals surface area contributed by atoms with Crippen LogP contribution in [-0.2, 0) is 0 Å². The van der Waals surface area contributed by atoms with Gasteiger partial charge in [0.05, 0.1) is 6.21 Å². The molecule has 0 radical (unpaired) electrons. The third-order valence-corrected chi connectivity index (χ3v) is 1.92. The molecule has 0 aliphatic heterocycles.